The highest BCUT2D eigenvalue weighted by atomic mass is 16.3. The van der Waals surface area contributed by atoms with E-state index < -0.39 is 0 Å². The molecular formula is C17H26N2O. The Hall–Kier alpha value is -0.900. The van der Waals surface area contributed by atoms with Gasteiger partial charge in [0.05, 0.1) is 6.10 Å². The van der Waals surface area contributed by atoms with E-state index in [0.717, 1.165) is 31.8 Å². The van der Waals surface area contributed by atoms with Gasteiger partial charge in [0.25, 0.3) is 0 Å². The van der Waals surface area contributed by atoms with Crippen LogP contribution in [0, 0.1) is 11.8 Å². The molecule has 3 rings (SSSR count). The molecule has 3 heteroatoms. The smallest absolute Gasteiger partial charge is 0.0583 e. The molecule has 0 aromatic heterocycles. The van der Waals surface area contributed by atoms with E-state index in [4.69, 9.17) is 0 Å². The zero-order valence-electron chi connectivity index (χ0n) is 12.3. The van der Waals surface area contributed by atoms with E-state index >= 15 is 0 Å². The fourth-order valence-electron chi connectivity index (χ4n) is 3.99. The van der Waals surface area contributed by atoms with E-state index in [1.807, 2.05) is 7.05 Å². The predicted octanol–water partition coefficient (Wildman–Crippen LogP) is 2.04. The number of aliphatic hydroxyl groups is 1. The van der Waals surface area contributed by atoms with Crippen LogP contribution in [0.1, 0.15) is 30.9 Å². The largest absolute Gasteiger partial charge is 0.393 e. The maximum Gasteiger partial charge on any atom is 0.0583 e. The van der Waals surface area contributed by atoms with Crippen LogP contribution in [0.5, 0.6) is 0 Å². The quantitative estimate of drug-likeness (QED) is 0.862. The van der Waals surface area contributed by atoms with Crippen LogP contribution in [0.3, 0.4) is 0 Å². The van der Waals surface area contributed by atoms with E-state index in [-0.39, 0.29) is 6.10 Å². The Bertz CT molecular complexity index is 422. The number of fused-ring (bicyclic) bond motifs is 1. The van der Waals surface area contributed by atoms with Crippen molar-refractivity contribution in [3.63, 3.8) is 0 Å². The molecule has 1 saturated carbocycles. The molecule has 4 atom stereocenters. The molecule has 2 fully saturated rings. The van der Waals surface area contributed by atoms with Crippen molar-refractivity contribution in [3.8, 4) is 0 Å². The van der Waals surface area contributed by atoms with Crippen LogP contribution < -0.4 is 5.32 Å². The number of hydrogen-bond donors (Lipinski definition) is 2. The highest BCUT2D eigenvalue weighted by Crippen LogP contribution is 2.38. The SMILES string of the molecule is CNC(CCN1CC2CCC(O)C2C1)c1ccccc1. The maximum atomic E-state index is 9.98. The molecule has 20 heavy (non-hydrogen) atoms. The molecule has 110 valence electrons. The first-order valence-corrected chi connectivity index (χ1v) is 7.90. The number of nitrogens with one attached hydrogen (secondary N) is 1. The second kappa shape index (κ2) is 6.25. The topological polar surface area (TPSA) is 35.5 Å². The highest BCUT2D eigenvalue weighted by molar-refractivity contribution is 5.18. The Morgan fingerprint density at radius 3 is 2.75 bits per heavy atom. The summed E-state index contributed by atoms with van der Waals surface area (Å²) in [5, 5.41) is 13.4. The molecule has 1 saturated heterocycles. The minimum Gasteiger partial charge on any atom is -0.393 e. The summed E-state index contributed by atoms with van der Waals surface area (Å²) in [6.45, 7) is 3.41. The maximum absolute atomic E-state index is 9.98. The summed E-state index contributed by atoms with van der Waals surface area (Å²) in [5.41, 5.74) is 1.37. The summed E-state index contributed by atoms with van der Waals surface area (Å²) < 4.78 is 0. The van der Waals surface area contributed by atoms with Gasteiger partial charge in [0.2, 0.25) is 0 Å². The van der Waals surface area contributed by atoms with Gasteiger partial charge in [0, 0.05) is 25.0 Å². The average molecular weight is 274 g/mol. The van der Waals surface area contributed by atoms with Crippen molar-refractivity contribution < 1.29 is 5.11 Å². The van der Waals surface area contributed by atoms with Crippen LogP contribution >= 0.6 is 0 Å². The van der Waals surface area contributed by atoms with Crippen LogP contribution in [0.15, 0.2) is 30.3 Å². The van der Waals surface area contributed by atoms with Gasteiger partial charge in [-0.05, 0) is 44.3 Å². The molecule has 0 bridgehead atoms. The lowest BCUT2D eigenvalue weighted by Gasteiger charge is -2.22. The molecule has 1 aromatic rings. The van der Waals surface area contributed by atoms with E-state index in [2.05, 4.69) is 40.5 Å². The van der Waals surface area contributed by atoms with Crippen molar-refractivity contribution in [2.24, 2.45) is 11.8 Å². The molecule has 3 nitrogen and oxygen atoms in total. The zero-order chi connectivity index (χ0) is 13.9. The van der Waals surface area contributed by atoms with Gasteiger partial charge in [-0.1, -0.05) is 30.3 Å². The zero-order valence-corrected chi connectivity index (χ0v) is 12.3. The summed E-state index contributed by atoms with van der Waals surface area (Å²) in [7, 11) is 2.04. The van der Waals surface area contributed by atoms with Crippen LogP contribution in [0.4, 0.5) is 0 Å². The average Bonchev–Trinajstić information content (AvgIpc) is 3.03. The van der Waals surface area contributed by atoms with E-state index in [1.165, 1.54) is 18.5 Å². The lowest BCUT2D eigenvalue weighted by Crippen LogP contribution is -2.28. The third kappa shape index (κ3) is 2.90. The Morgan fingerprint density at radius 2 is 2.05 bits per heavy atom. The number of rotatable bonds is 5. The fourth-order valence-corrected chi connectivity index (χ4v) is 3.99. The number of likely N-dealkylation sites (tertiary alicyclic amines) is 1. The van der Waals surface area contributed by atoms with Crippen LogP contribution in [0.2, 0.25) is 0 Å². The van der Waals surface area contributed by atoms with Crippen LogP contribution in [-0.4, -0.2) is 42.8 Å². The van der Waals surface area contributed by atoms with Gasteiger partial charge >= 0.3 is 0 Å². The van der Waals surface area contributed by atoms with Crippen molar-refractivity contribution >= 4 is 0 Å². The monoisotopic (exact) mass is 274 g/mol. The standard InChI is InChI=1S/C17H26N2O/c1-18-16(13-5-3-2-4-6-13)9-10-19-11-14-7-8-17(20)15(14)12-19/h2-6,14-18,20H,7-12H2,1H3. The van der Waals surface area contributed by atoms with E-state index in [1.54, 1.807) is 0 Å². The first-order valence-electron chi connectivity index (χ1n) is 7.90. The van der Waals surface area contributed by atoms with Crippen molar-refractivity contribution in [1.29, 1.82) is 0 Å². The molecule has 0 radical (unpaired) electrons. The minimum atomic E-state index is -0.0424. The van der Waals surface area contributed by atoms with Gasteiger partial charge in [-0.25, -0.2) is 0 Å². The van der Waals surface area contributed by atoms with Crippen molar-refractivity contribution in [3.05, 3.63) is 35.9 Å². The van der Waals surface area contributed by atoms with Crippen molar-refractivity contribution in [2.75, 3.05) is 26.7 Å². The molecule has 2 aliphatic rings. The fraction of sp³-hybridized carbons (Fsp3) is 0.647. The summed E-state index contributed by atoms with van der Waals surface area (Å²) in [4.78, 5) is 2.55. The van der Waals surface area contributed by atoms with Crippen molar-refractivity contribution in [2.45, 2.75) is 31.4 Å². The first kappa shape index (κ1) is 14.1. The summed E-state index contributed by atoms with van der Waals surface area (Å²) >= 11 is 0. The van der Waals surface area contributed by atoms with Gasteiger partial charge in [0.15, 0.2) is 0 Å². The lowest BCUT2D eigenvalue weighted by atomic mass is 10.00. The van der Waals surface area contributed by atoms with Crippen molar-refractivity contribution in [1.82, 2.24) is 10.2 Å². The Morgan fingerprint density at radius 1 is 1.25 bits per heavy atom. The molecule has 1 aromatic carbocycles. The second-order valence-electron chi connectivity index (χ2n) is 6.37. The summed E-state index contributed by atoms with van der Waals surface area (Å²) in [5.74, 6) is 1.29. The number of nitrogens with zero attached hydrogens (tertiary/aromatic N) is 1. The Labute approximate surface area is 122 Å². The Kier molecular flexibility index (Phi) is 4.39. The molecule has 0 amide bonds. The molecule has 1 aliphatic carbocycles. The summed E-state index contributed by atoms with van der Waals surface area (Å²) in [6.07, 6.45) is 3.33. The lowest BCUT2D eigenvalue weighted by molar-refractivity contribution is 0.124. The van der Waals surface area contributed by atoms with Crippen LogP contribution in [0.25, 0.3) is 0 Å². The molecule has 1 aliphatic heterocycles. The second-order valence-corrected chi connectivity index (χ2v) is 6.37. The predicted molar refractivity (Wildman–Crippen MR) is 81.5 cm³/mol. The third-order valence-corrected chi connectivity index (χ3v) is 5.18. The molecule has 0 spiro atoms. The molecule has 1 heterocycles. The molecule has 4 unspecified atom stereocenters. The van der Waals surface area contributed by atoms with E-state index in [0.29, 0.717) is 12.0 Å². The Balaban J connectivity index is 1.52. The minimum absolute atomic E-state index is 0.0424. The normalized spacial score (nSPS) is 31.4. The van der Waals surface area contributed by atoms with Crippen LogP contribution in [-0.2, 0) is 0 Å². The molecular weight excluding hydrogens is 248 g/mol. The summed E-state index contributed by atoms with van der Waals surface area (Å²) in [6, 6.07) is 11.1. The van der Waals surface area contributed by atoms with Gasteiger partial charge < -0.3 is 15.3 Å². The highest BCUT2D eigenvalue weighted by Gasteiger charge is 2.41. The molecule has 2 N–H and O–H groups in total. The van der Waals surface area contributed by atoms with Gasteiger partial charge in [0.1, 0.15) is 0 Å². The van der Waals surface area contributed by atoms with Gasteiger partial charge in [-0.15, -0.1) is 0 Å². The van der Waals surface area contributed by atoms with Gasteiger partial charge in [-0.2, -0.15) is 0 Å². The number of aliphatic hydroxyl groups excluding tert-OH is 1. The number of hydrogen-bond acceptors (Lipinski definition) is 3. The first-order chi connectivity index (χ1) is 9.78. The van der Waals surface area contributed by atoms with E-state index in [9.17, 15) is 5.11 Å². The third-order valence-electron chi connectivity index (χ3n) is 5.18. The number of benzene rings is 1. The van der Waals surface area contributed by atoms with Gasteiger partial charge in [-0.3, -0.25) is 0 Å².